The van der Waals surface area contributed by atoms with Crippen molar-refractivity contribution in [2.75, 3.05) is 6.61 Å². The van der Waals surface area contributed by atoms with E-state index in [1.54, 1.807) is 6.07 Å². The van der Waals surface area contributed by atoms with E-state index in [0.29, 0.717) is 12.0 Å². The molecule has 0 bridgehead atoms. The van der Waals surface area contributed by atoms with Crippen LogP contribution < -0.4 is 0 Å². The Balaban J connectivity index is 1.25. The molecule has 0 heterocycles. The number of aliphatic hydroxyl groups is 3. The zero-order valence-corrected chi connectivity index (χ0v) is 28.0. The predicted octanol–water partition coefficient (Wildman–Crippen LogP) is 6.51. The van der Waals surface area contributed by atoms with E-state index in [1.165, 1.54) is 29.9 Å². The van der Waals surface area contributed by atoms with Crippen LogP contribution in [-0.4, -0.2) is 56.4 Å². The Labute approximate surface area is 268 Å². The summed E-state index contributed by atoms with van der Waals surface area (Å²) >= 11 is 0. The predicted molar refractivity (Wildman–Crippen MR) is 173 cm³/mol. The summed E-state index contributed by atoms with van der Waals surface area (Å²) in [5.74, 6) is -0.806. The molecule has 0 radical (unpaired) electrons. The molecule has 0 amide bonds. The number of rotatable bonds is 4. The largest absolute Gasteiger partial charge is 0.504 e. The van der Waals surface area contributed by atoms with Crippen LogP contribution in [0, 0.1) is 44.3 Å². The number of fused-ring (bicyclic) bond motifs is 5. The number of benzene rings is 1. The number of esters is 1. The van der Waals surface area contributed by atoms with Crippen LogP contribution in [0.2, 0.25) is 0 Å². The van der Waals surface area contributed by atoms with Gasteiger partial charge >= 0.3 is 5.97 Å². The fourth-order valence-electron chi connectivity index (χ4n) is 11.7. The van der Waals surface area contributed by atoms with Crippen LogP contribution in [0.25, 0.3) is 6.08 Å². The van der Waals surface area contributed by atoms with E-state index in [4.69, 9.17) is 4.74 Å². The molecule has 1 spiro atoms. The summed E-state index contributed by atoms with van der Waals surface area (Å²) in [7, 11) is 0. The summed E-state index contributed by atoms with van der Waals surface area (Å²) in [4.78, 5) is 12.8. The SMILES string of the molecule is CC1(C)CC[C@@]2(CC[C@]3(C)C(=CC[C@@H]4[C@@]5(C)C[C@@H](O)[C@H](O)[C@@](C)(COC(=O)C=Cc6ccc(O)c(O)c6)[C@@H]5CC[C@]43C)[C@H]2O)C1. The van der Waals surface area contributed by atoms with Crippen molar-refractivity contribution >= 4 is 12.0 Å². The van der Waals surface area contributed by atoms with Crippen molar-refractivity contribution < 1.29 is 35.1 Å². The summed E-state index contributed by atoms with van der Waals surface area (Å²) in [5.41, 5.74) is 0.666. The van der Waals surface area contributed by atoms with Crippen molar-refractivity contribution in [3.8, 4) is 11.5 Å². The molecule has 6 rings (SSSR count). The molecule has 5 aliphatic carbocycles. The van der Waals surface area contributed by atoms with E-state index >= 15 is 0 Å². The standard InChI is InChI=1S/C38H54O7/c1-33(2)15-17-38(21-33)18-16-36(5)24(31(38)43)9-11-29-34(3)20-27(41)32(44)35(4,28(34)13-14-37(29,36)6)22-45-30(42)12-8-23-7-10-25(39)26(40)19-23/h7-10,12,19,27-29,31-32,39-41,43-44H,11,13-18,20-22H2,1-6H3/t27-,28-,29-,31-,32+,34+,35+,36-,37-,38-/m1/s1. The first kappa shape index (κ1) is 32.6. The Morgan fingerprint density at radius 1 is 0.933 bits per heavy atom. The van der Waals surface area contributed by atoms with Crippen LogP contribution in [-0.2, 0) is 9.53 Å². The minimum atomic E-state index is -1.03. The number of carbonyl (C=O) groups excluding carboxylic acids is 1. The van der Waals surface area contributed by atoms with Gasteiger partial charge in [-0.15, -0.1) is 0 Å². The van der Waals surface area contributed by atoms with Gasteiger partial charge in [0, 0.05) is 16.9 Å². The van der Waals surface area contributed by atoms with E-state index in [0.717, 1.165) is 51.4 Å². The molecule has 1 aromatic rings. The number of hydrogen-bond donors (Lipinski definition) is 5. The van der Waals surface area contributed by atoms with Gasteiger partial charge in [-0.3, -0.25) is 0 Å². The van der Waals surface area contributed by atoms with Crippen molar-refractivity contribution in [3.05, 3.63) is 41.5 Å². The van der Waals surface area contributed by atoms with E-state index in [9.17, 15) is 30.3 Å². The lowest BCUT2D eigenvalue weighted by Gasteiger charge is -2.70. The number of phenolic OH excluding ortho intramolecular Hbond substituents is 2. The number of aromatic hydroxyl groups is 2. The van der Waals surface area contributed by atoms with Gasteiger partial charge in [0.15, 0.2) is 11.5 Å². The van der Waals surface area contributed by atoms with Crippen LogP contribution in [0.3, 0.4) is 0 Å². The molecule has 1 aromatic carbocycles. The topological polar surface area (TPSA) is 127 Å². The van der Waals surface area contributed by atoms with E-state index in [-0.39, 0.29) is 57.0 Å². The zero-order valence-electron chi connectivity index (χ0n) is 28.0. The van der Waals surface area contributed by atoms with Gasteiger partial charge in [-0.1, -0.05) is 53.7 Å². The molecule has 0 aromatic heterocycles. The monoisotopic (exact) mass is 622 g/mol. The lowest BCUT2D eigenvalue weighted by atomic mass is 9.34. The third-order valence-electron chi connectivity index (χ3n) is 14.3. The highest BCUT2D eigenvalue weighted by Crippen LogP contribution is 2.74. The quantitative estimate of drug-likeness (QED) is 0.112. The zero-order chi connectivity index (χ0) is 32.8. The minimum absolute atomic E-state index is 0.0195. The first-order valence-electron chi connectivity index (χ1n) is 17.0. The molecule has 5 aliphatic rings. The maximum atomic E-state index is 12.8. The van der Waals surface area contributed by atoms with Gasteiger partial charge in [0.2, 0.25) is 0 Å². The normalized spacial score (nSPS) is 45.4. The maximum Gasteiger partial charge on any atom is 0.330 e. The second-order valence-corrected chi connectivity index (χ2v) is 17.3. The number of carbonyl (C=O) groups is 1. The van der Waals surface area contributed by atoms with Crippen LogP contribution >= 0.6 is 0 Å². The summed E-state index contributed by atoms with van der Waals surface area (Å²) in [6.07, 6.45) is 11.3. The molecule has 5 N–H and O–H groups in total. The van der Waals surface area contributed by atoms with Gasteiger partial charge < -0.3 is 30.3 Å². The maximum absolute atomic E-state index is 12.8. The van der Waals surface area contributed by atoms with Crippen LogP contribution in [0.1, 0.15) is 105 Å². The van der Waals surface area contributed by atoms with Gasteiger partial charge in [-0.2, -0.15) is 0 Å². The minimum Gasteiger partial charge on any atom is -0.504 e. The highest BCUT2D eigenvalue weighted by Gasteiger charge is 2.70. The molecule has 0 unspecified atom stereocenters. The first-order chi connectivity index (χ1) is 20.9. The molecule has 4 saturated carbocycles. The highest BCUT2D eigenvalue weighted by atomic mass is 16.5. The Morgan fingerprint density at radius 2 is 1.64 bits per heavy atom. The van der Waals surface area contributed by atoms with Gasteiger partial charge in [-0.25, -0.2) is 4.79 Å². The number of phenols is 2. The summed E-state index contributed by atoms with van der Waals surface area (Å²) in [5, 5.41) is 54.2. The second-order valence-electron chi connectivity index (χ2n) is 17.3. The fourth-order valence-corrected chi connectivity index (χ4v) is 11.7. The van der Waals surface area contributed by atoms with Crippen molar-refractivity contribution in [1.82, 2.24) is 0 Å². The molecule has 4 fully saturated rings. The number of aliphatic hydroxyl groups excluding tert-OH is 3. The molecule has 10 atom stereocenters. The van der Waals surface area contributed by atoms with Gasteiger partial charge in [0.25, 0.3) is 0 Å². The third kappa shape index (κ3) is 4.81. The average molecular weight is 623 g/mol. The average Bonchev–Trinajstić information content (AvgIpc) is 3.29. The van der Waals surface area contributed by atoms with Crippen LogP contribution in [0.4, 0.5) is 0 Å². The lowest BCUT2D eigenvalue weighted by Crippen LogP contribution is -2.68. The molecular weight excluding hydrogens is 568 g/mol. The number of allylic oxidation sites excluding steroid dienone is 1. The Morgan fingerprint density at radius 3 is 2.31 bits per heavy atom. The summed E-state index contributed by atoms with van der Waals surface area (Å²) in [6.45, 7) is 13.7. The molecule has 7 nitrogen and oxygen atoms in total. The third-order valence-corrected chi connectivity index (χ3v) is 14.3. The molecule has 45 heavy (non-hydrogen) atoms. The lowest BCUT2D eigenvalue weighted by molar-refractivity contribution is -0.245. The smallest absolute Gasteiger partial charge is 0.330 e. The second kappa shape index (κ2) is 10.6. The van der Waals surface area contributed by atoms with Gasteiger partial charge in [0.1, 0.15) is 0 Å². The Bertz CT molecular complexity index is 1410. The molecule has 0 aliphatic heterocycles. The molecule has 7 heteroatoms. The molecular formula is C38H54O7. The summed E-state index contributed by atoms with van der Waals surface area (Å²) < 4.78 is 5.77. The number of ether oxygens (including phenoxy) is 1. The molecule has 248 valence electrons. The molecule has 0 saturated heterocycles. The van der Waals surface area contributed by atoms with Crippen molar-refractivity contribution in [3.63, 3.8) is 0 Å². The van der Waals surface area contributed by atoms with Crippen molar-refractivity contribution in [1.29, 1.82) is 0 Å². The van der Waals surface area contributed by atoms with Crippen LogP contribution in [0.15, 0.2) is 35.9 Å². The van der Waals surface area contributed by atoms with Crippen molar-refractivity contribution in [2.45, 2.75) is 118 Å². The summed E-state index contributed by atoms with van der Waals surface area (Å²) in [6, 6.07) is 4.29. The fraction of sp³-hybridized carbons (Fsp3) is 0.711. The Hall–Kier alpha value is -2.35. The van der Waals surface area contributed by atoms with E-state index in [1.807, 2.05) is 6.92 Å². The van der Waals surface area contributed by atoms with E-state index in [2.05, 4.69) is 40.7 Å². The van der Waals surface area contributed by atoms with E-state index < -0.39 is 29.7 Å². The van der Waals surface area contributed by atoms with Gasteiger partial charge in [-0.05, 0) is 121 Å². The van der Waals surface area contributed by atoms with Gasteiger partial charge in [0.05, 0.1) is 24.9 Å². The van der Waals surface area contributed by atoms with Crippen LogP contribution in [0.5, 0.6) is 11.5 Å². The van der Waals surface area contributed by atoms with Crippen molar-refractivity contribution in [2.24, 2.45) is 44.3 Å². The number of hydrogen-bond acceptors (Lipinski definition) is 7. The Kier molecular flexibility index (Phi) is 7.66. The highest BCUT2D eigenvalue weighted by molar-refractivity contribution is 5.87. The first-order valence-corrected chi connectivity index (χ1v) is 17.0.